The number of nitrogens with zero attached hydrogens (tertiary/aromatic N) is 1. The third-order valence-corrected chi connectivity index (χ3v) is 7.86. The molecule has 0 saturated heterocycles. The molecule has 6 rings (SSSR count). The van der Waals surface area contributed by atoms with Crippen LogP contribution in [0, 0.1) is 6.07 Å². The molecule has 1 aliphatic rings. The molecule has 247 valence electrons. The molecule has 0 aliphatic heterocycles. The average Bonchev–Trinajstić information content (AvgIpc) is 3.31. The maximum Gasteiger partial charge on any atom is 0.459 e. The molecule has 4 aromatic carbocycles. The Labute approximate surface area is 279 Å². The molecule has 11 heteroatoms. The molecule has 1 aromatic heterocycles. The molecule has 47 heavy (non-hydrogen) atoms. The van der Waals surface area contributed by atoms with Crippen molar-refractivity contribution in [1.29, 1.82) is 0 Å². The van der Waals surface area contributed by atoms with Crippen molar-refractivity contribution in [3.05, 3.63) is 126 Å². The number of fused-ring (bicyclic) bond motifs is 4. The first-order valence-corrected chi connectivity index (χ1v) is 14.2. The first-order chi connectivity index (χ1) is 21.6. The predicted octanol–water partition coefficient (Wildman–Crippen LogP) is 9.19. The predicted molar refractivity (Wildman–Crippen MR) is 161 cm³/mol. The standard InChI is InChI=1S/C31H17F7N.C5H10O2.Ir/c32-29(33,30(34,35)31(36,37)38)28(21-9-2-1-3-10-21)24-12-6-5-11-22(24)23-16-14-20(18-25(23)28)27-17-15-19-8-4-7-13-26(19)39-27;1-4(6)3-5(2)7;/h1-13,15-18H;4,6H,3H2,1-2H3;/q-1;;. The molecule has 0 fully saturated rings. The summed E-state index contributed by atoms with van der Waals surface area (Å²) in [6.45, 7) is 3.06. The van der Waals surface area contributed by atoms with Gasteiger partial charge in [-0.15, -0.1) is 29.3 Å². The minimum atomic E-state index is -6.51. The van der Waals surface area contributed by atoms with E-state index < -0.39 is 35.1 Å². The Balaban J connectivity index is 0.000000565. The van der Waals surface area contributed by atoms with Gasteiger partial charge in [0.25, 0.3) is 0 Å². The van der Waals surface area contributed by atoms with E-state index in [-0.39, 0.29) is 60.1 Å². The van der Waals surface area contributed by atoms with Gasteiger partial charge in [0, 0.05) is 26.5 Å². The van der Waals surface area contributed by atoms with Crippen LogP contribution in [-0.4, -0.2) is 40.0 Å². The number of carbonyl (C=O) groups is 1. The number of ketones is 1. The summed E-state index contributed by atoms with van der Waals surface area (Å²) < 4.78 is 104. The van der Waals surface area contributed by atoms with Gasteiger partial charge in [0.05, 0.1) is 17.0 Å². The SMILES string of the molecule is CC(=O)CC(C)O.FC(F)(F)C(F)(F)C(F)(F)C1(c2ccccc2)c2ccccc2-c2c[c-]c(-c3ccc4ccccc4n3)cc21.[Ir]. The van der Waals surface area contributed by atoms with Gasteiger partial charge in [-0.1, -0.05) is 96.1 Å². The number of aromatic nitrogens is 1. The molecule has 3 nitrogen and oxygen atoms in total. The maximum absolute atomic E-state index is 16.3. The Bertz CT molecular complexity index is 1890. The van der Waals surface area contributed by atoms with Gasteiger partial charge in [-0.3, -0.25) is 9.78 Å². The summed E-state index contributed by atoms with van der Waals surface area (Å²) in [5.74, 6) is -12.0. The summed E-state index contributed by atoms with van der Waals surface area (Å²) >= 11 is 0. The summed E-state index contributed by atoms with van der Waals surface area (Å²) in [5, 5.41) is 9.31. The minimum Gasteiger partial charge on any atom is -0.393 e. The van der Waals surface area contributed by atoms with Crippen LogP contribution in [0.3, 0.4) is 0 Å². The number of aliphatic hydroxyl groups is 1. The van der Waals surface area contributed by atoms with Crippen LogP contribution >= 0.6 is 0 Å². The number of pyridine rings is 1. The number of benzene rings is 4. The second kappa shape index (κ2) is 13.3. The Morgan fingerprint density at radius 2 is 1.45 bits per heavy atom. The fourth-order valence-electron chi connectivity index (χ4n) is 5.93. The summed E-state index contributed by atoms with van der Waals surface area (Å²) in [6.07, 6.45) is -6.71. The van der Waals surface area contributed by atoms with Gasteiger partial charge < -0.3 is 5.11 Å². The molecule has 5 aromatic rings. The Morgan fingerprint density at radius 3 is 2.06 bits per heavy atom. The van der Waals surface area contributed by atoms with E-state index in [1.807, 2.05) is 12.1 Å². The van der Waals surface area contributed by atoms with E-state index in [1.54, 1.807) is 31.2 Å². The number of rotatable bonds is 6. The zero-order valence-corrected chi connectivity index (χ0v) is 27.3. The number of hydrogen-bond donors (Lipinski definition) is 1. The number of para-hydroxylation sites is 1. The number of alkyl halides is 7. The third-order valence-electron chi connectivity index (χ3n) is 7.86. The fraction of sp³-hybridized carbons (Fsp3) is 0.222. The van der Waals surface area contributed by atoms with Crippen molar-refractivity contribution in [3.63, 3.8) is 0 Å². The Kier molecular flexibility index (Phi) is 10.2. The summed E-state index contributed by atoms with van der Waals surface area (Å²) in [7, 11) is 0. The van der Waals surface area contributed by atoms with Crippen LogP contribution in [0.15, 0.2) is 103 Å². The topological polar surface area (TPSA) is 50.2 Å². The van der Waals surface area contributed by atoms with Crippen LogP contribution in [-0.2, 0) is 30.3 Å². The molecule has 2 unspecified atom stereocenters. The van der Waals surface area contributed by atoms with Crippen molar-refractivity contribution >= 4 is 16.7 Å². The molecule has 0 saturated carbocycles. The van der Waals surface area contributed by atoms with E-state index in [0.29, 0.717) is 11.2 Å². The summed E-state index contributed by atoms with van der Waals surface area (Å²) in [4.78, 5) is 14.6. The van der Waals surface area contributed by atoms with Crippen molar-refractivity contribution in [3.8, 4) is 22.4 Å². The van der Waals surface area contributed by atoms with Gasteiger partial charge >= 0.3 is 18.0 Å². The van der Waals surface area contributed by atoms with Crippen LogP contribution in [0.2, 0.25) is 0 Å². The number of aliphatic hydroxyl groups excluding tert-OH is 1. The second-order valence-electron chi connectivity index (χ2n) is 11.1. The van der Waals surface area contributed by atoms with Crippen molar-refractivity contribution < 1.29 is 60.7 Å². The van der Waals surface area contributed by atoms with Crippen molar-refractivity contribution in [1.82, 2.24) is 4.98 Å². The number of hydrogen-bond acceptors (Lipinski definition) is 3. The largest absolute Gasteiger partial charge is 0.459 e. The van der Waals surface area contributed by atoms with Gasteiger partial charge in [-0.05, 0) is 42.1 Å². The molecule has 0 spiro atoms. The van der Waals surface area contributed by atoms with E-state index in [2.05, 4.69) is 11.1 Å². The van der Waals surface area contributed by atoms with Crippen molar-refractivity contribution in [2.45, 2.75) is 49.8 Å². The molecule has 1 heterocycles. The maximum atomic E-state index is 16.3. The number of halogens is 7. The zero-order chi connectivity index (χ0) is 33.5. The van der Waals surface area contributed by atoms with Crippen LogP contribution in [0.5, 0.6) is 0 Å². The molecule has 1 radical (unpaired) electrons. The van der Waals surface area contributed by atoms with Gasteiger partial charge in [0.15, 0.2) is 0 Å². The smallest absolute Gasteiger partial charge is 0.393 e. The monoisotopic (exact) mass is 831 g/mol. The van der Waals surface area contributed by atoms with Gasteiger partial charge in [-0.25, -0.2) is 0 Å². The summed E-state index contributed by atoms with van der Waals surface area (Å²) in [6, 6.07) is 28.0. The molecule has 1 N–H and O–H groups in total. The molecule has 1 aliphatic carbocycles. The van der Waals surface area contributed by atoms with Crippen molar-refractivity contribution in [2.75, 3.05) is 0 Å². The molecule has 0 amide bonds. The number of carbonyl (C=O) groups excluding carboxylic acids is 1. The summed E-state index contributed by atoms with van der Waals surface area (Å²) in [5.41, 5.74) is -2.99. The minimum absolute atomic E-state index is 0. The first kappa shape index (κ1) is 35.9. The quantitative estimate of drug-likeness (QED) is 0.137. The van der Waals surface area contributed by atoms with E-state index in [0.717, 1.165) is 17.5 Å². The zero-order valence-electron chi connectivity index (χ0n) is 24.9. The van der Waals surface area contributed by atoms with Gasteiger partial charge in [0.2, 0.25) is 0 Å². The molecular weight excluding hydrogens is 804 g/mol. The van der Waals surface area contributed by atoms with Crippen LogP contribution in [0.1, 0.15) is 37.0 Å². The van der Waals surface area contributed by atoms with Crippen LogP contribution in [0.25, 0.3) is 33.3 Å². The Morgan fingerprint density at radius 1 is 0.830 bits per heavy atom. The number of Topliss-reactive ketones (excluding diaryl/α,β-unsaturated/α-hetero) is 1. The van der Waals surface area contributed by atoms with E-state index in [4.69, 9.17) is 5.11 Å². The van der Waals surface area contributed by atoms with E-state index in [9.17, 15) is 26.7 Å². The molecule has 0 bridgehead atoms. The third kappa shape index (κ3) is 6.12. The average molecular weight is 831 g/mol. The normalized spacial score (nSPS) is 16.3. The molecule has 2 atom stereocenters. The second-order valence-corrected chi connectivity index (χ2v) is 11.1. The fourth-order valence-corrected chi connectivity index (χ4v) is 5.93. The molecular formula is C36H27F7IrNO2-. The van der Waals surface area contributed by atoms with Crippen LogP contribution in [0.4, 0.5) is 30.7 Å². The van der Waals surface area contributed by atoms with E-state index in [1.165, 1.54) is 61.5 Å². The van der Waals surface area contributed by atoms with E-state index >= 15 is 8.78 Å². The Hall–Kier alpha value is -3.92. The van der Waals surface area contributed by atoms with Gasteiger partial charge in [-0.2, -0.15) is 30.7 Å². The van der Waals surface area contributed by atoms with Crippen LogP contribution < -0.4 is 0 Å². The first-order valence-electron chi connectivity index (χ1n) is 14.2. The van der Waals surface area contributed by atoms with Crippen molar-refractivity contribution in [2.24, 2.45) is 0 Å². The van der Waals surface area contributed by atoms with Gasteiger partial charge in [0.1, 0.15) is 5.78 Å².